The lowest BCUT2D eigenvalue weighted by Crippen LogP contribution is -1.98. The number of fused-ring (bicyclic) bond motifs is 1. The summed E-state index contributed by atoms with van der Waals surface area (Å²) in [6.45, 7) is 4.54. The average molecular weight is 402 g/mol. The molecule has 29 heavy (non-hydrogen) atoms. The van der Waals surface area contributed by atoms with Crippen LogP contribution < -0.4 is 4.74 Å². The van der Waals surface area contributed by atoms with Gasteiger partial charge in [-0.3, -0.25) is 5.10 Å². The van der Waals surface area contributed by atoms with E-state index in [1.165, 1.54) is 22.5 Å². The molecule has 3 heterocycles. The van der Waals surface area contributed by atoms with E-state index < -0.39 is 0 Å². The second kappa shape index (κ2) is 7.14. The van der Waals surface area contributed by atoms with Crippen LogP contribution in [0.5, 0.6) is 5.75 Å². The number of hydrogen-bond donors (Lipinski definition) is 1. The molecule has 1 N–H and O–H groups in total. The fourth-order valence-corrected chi connectivity index (χ4v) is 3.77. The second-order valence-electron chi connectivity index (χ2n) is 6.78. The van der Waals surface area contributed by atoms with Crippen molar-refractivity contribution < 1.29 is 4.74 Å². The molecule has 0 aliphatic carbocycles. The lowest BCUT2D eigenvalue weighted by atomic mass is 10.1. The second-order valence-corrected chi connectivity index (χ2v) is 7.82. The van der Waals surface area contributed by atoms with Gasteiger partial charge in [0, 0.05) is 5.56 Å². The number of hydrogen-bond acceptors (Lipinski definition) is 6. The Morgan fingerprint density at radius 3 is 2.69 bits per heavy atom. The maximum atomic E-state index is 5.90. The zero-order chi connectivity index (χ0) is 19.8. The predicted molar refractivity (Wildman–Crippen MR) is 112 cm³/mol. The van der Waals surface area contributed by atoms with Crippen molar-refractivity contribution >= 4 is 16.3 Å². The Balaban J connectivity index is 1.39. The summed E-state index contributed by atoms with van der Waals surface area (Å²) >= 11 is 1.46. The molecule has 0 fully saturated rings. The molecule has 7 nitrogen and oxygen atoms in total. The molecule has 0 bridgehead atoms. The minimum Gasteiger partial charge on any atom is -0.486 e. The normalized spacial score (nSPS) is 11.2. The third kappa shape index (κ3) is 3.38. The Labute approximate surface area is 171 Å². The minimum atomic E-state index is 0.383. The maximum Gasteiger partial charge on any atom is 0.235 e. The van der Waals surface area contributed by atoms with Gasteiger partial charge in [0.1, 0.15) is 18.1 Å². The van der Waals surface area contributed by atoms with Crippen LogP contribution >= 0.6 is 11.3 Å². The Morgan fingerprint density at radius 2 is 1.86 bits per heavy atom. The molecule has 5 aromatic rings. The highest BCUT2D eigenvalue weighted by Crippen LogP contribution is 2.25. The van der Waals surface area contributed by atoms with Crippen LogP contribution in [-0.2, 0) is 6.61 Å². The van der Waals surface area contributed by atoms with Gasteiger partial charge in [0.25, 0.3) is 0 Å². The van der Waals surface area contributed by atoms with Crippen LogP contribution in [0.1, 0.15) is 16.1 Å². The molecule has 0 radical (unpaired) electrons. The molecule has 0 spiro atoms. The van der Waals surface area contributed by atoms with Crippen LogP contribution in [0.2, 0.25) is 0 Å². The Kier molecular flexibility index (Phi) is 4.33. The Bertz CT molecular complexity index is 1290. The topological polar surface area (TPSA) is 81.0 Å². The van der Waals surface area contributed by atoms with Crippen LogP contribution in [0.15, 0.2) is 54.6 Å². The van der Waals surface area contributed by atoms with Crippen LogP contribution in [-0.4, -0.2) is 30.0 Å². The minimum absolute atomic E-state index is 0.383. The number of benzene rings is 2. The summed E-state index contributed by atoms with van der Waals surface area (Å²) in [5.41, 5.74) is 5.11. The number of aryl methyl sites for hydroxylation is 2. The van der Waals surface area contributed by atoms with Gasteiger partial charge < -0.3 is 4.74 Å². The predicted octanol–water partition coefficient (Wildman–Crippen LogP) is 4.44. The Hall–Kier alpha value is -3.52. The van der Waals surface area contributed by atoms with Gasteiger partial charge in [-0.2, -0.15) is 14.7 Å². The molecule has 8 heteroatoms. The number of ether oxygens (including phenoxy) is 1. The standard InChI is InChI=1S/C21H18N6OS/c1-13-8-9-16(10-14(13)2)28-12-19-26-27-20(24-25-21(27)29-19)18-11-17(22-23-18)15-6-4-3-5-7-15/h3-11H,12H2,1-2H3,(H,22,23). The van der Waals surface area contributed by atoms with E-state index in [-0.39, 0.29) is 0 Å². The smallest absolute Gasteiger partial charge is 0.235 e. The molecule has 5 rings (SSSR count). The van der Waals surface area contributed by atoms with Crippen molar-refractivity contribution in [2.45, 2.75) is 20.5 Å². The van der Waals surface area contributed by atoms with Gasteiger partial charge in [0.2, 0.25) is 10.8 Å². The average Bonchev–Trinajstić information content (AvgIpc) is 3.45. The lowest BCUT2D eigenvalue weighted by Gasteiger charge is -2.06. The first-order chi connectivity index (χ1) is 14.2. The van der Waals surface area contributed by atoms with Crippen molar-refractivity contribution in [1.29, 1.82) is 0 Å². The number of rotatable bonds is 5. The first kappa shape index (κ1) is 17.6. The van der Waals surface area contributed by atoms with Gasteiger partial charge in [-0.15, -0.1) is 10.2 Å². The van der Waals surface area contributed by atoms with E-state index in [9.17, 15) is 0 Å². The number of aromatic amines is 1. The first-order valence-electron chi connectivity index (χ1n) is 9.20. The molecule has 0 saturated heterocycles. The van der Waals surface area contributed by atoms with Crippen molar-refractivity contribution in [3.05, 3.63) is 70.7 Å². The molecule has 0 aliphatic rings. The van der Waals surface area contributed by atoms with E-state index in [1.807, 2.05) is 48.5 Å². The number of nitrogens with zero attached hydrogens (tertiary/aromatic N) is 5. The molecule has 0 unspecified atom stereocenters. The van der Waals surface area contributed by atoms with Crippen molar-refractivity contribution in [3.63, 3.8) is 0 Å². The molecule has 144 valence electrons. The molecule has 0 atom stereocenters. The van der Waals surface area contributed by atoms with Gasteiger partial charge >= 0.3 is 0 Å². The number of aromatic nitrogens is 6. The number of nitrogens with one attached hydrogen (secondary N) is 1. The van der Waals surface area contributed by atoms with Crippen molar-refractivity contribution in [2.75, 3.05) is 0 Å². The van der Waals surface area contributed by atoms with E-state index in [1.54, 1.807) is 4.52 Å². The summed E-state index contributed by atoms with van der Waals surface area (Å²) in [7, 11) is 0. The summed E-state index contributed by atoms with van der Waals surface area (Å²) in [6.07, 6.45) is 0. The molecular formula is C21H18N6OS. The third-order valence-corrected chi connectivity index (χ3v) is 5.63. The zero-order valence-corrected chi connectivity index (χ0v) is 16.8. The van der Waals surface area contributed by atoms with Crippen molar-refractivity contribution in [1.82, 2.24) is 30.0 Å². The summed E-state index contributed by atoms with van der Waals surface area (Å²) in [6, 6.07) is 18.0. The van der Waals surface area contributed by atoms with E-state index in [2.05, 4.69) is 45.4 Å². The highest BCUT2D eigenvalue weighted by molar-refractivity contribution is 7.16. The van der Waals surface area contributed by atoms with E-state index in [4.69, 9.17) is 4.74 Å². The molecule has 0 amide bonds. The van der Waals surface area contributed by atoms with Gasteiger partial charge in [0.15, 0.2) is 5.01 Å². The fraction of sp³-hybridized carbons (Fsp3) is 0.143. The molecule has 0 aliphatic heterocycles. The lowest BCUT2D eigenvalue weighted by molar-refractivity contribution is 0.304. The highest BCUT2D eigenvalue weighted by atomic mass is 32.1. The molecule has 2 aromatic carbocycles. The number of H-pyrrole nitrogens is 1. The fourth-order valence-electron chi connectivity index (χ4n) is 3.02. The van der Waals surface area contributed by atoms with E-state index in [0.29, 0.717) is 12.4 Å². The zero-order valence-electron chi connectivity index (χ0n) is 16.0. The highest BCUT2D eigenvalue weighted by Gasteiger charge is 2.16. The SMILES string of the molecule is Cc1ccc(OCc2nn3c(-c4cc(-c5ccccc5)n[nH]4)nnc3s2)cc1C. The summed E-state index contributed by atoms with van der Waals surface area (Å²) in [4.78, 5) is 0.717. The van der Waals surface area contributed by atoms with Crippen LogP contribution in [0.3, 0.4) is 0 Å². The summed E-state index contributed by atoms with van der Waals surface area (Å²) < 4.78 is 7.63. The van der Waals surface area contributed by atoms with Gasteiger partial charge in [-0.1, -0.05) is 47.7 Å². The van der Waals surface area contributed by atoms with Gasteiger partial charge in [-0.25, -0.2) is 0 Å². The van der Waals surface area contributed by atoms with E-state index in [0.717, 1.165) is 32.7 Å². The first-order valence-corrected chi connectivity index (χ1v) is 10.0. The summed E-state index contributed by atoms with van der Waals surface area (Å²) in [5.74, 6) is 1.46. The van der Waals surface area contributed by atoms with Crippen LogP contribution in [0.4, 0.5) is 0 Å². The molecular weight excluding hydrogens is 384 g/mol. The molecule has 3 aromatic heterocycles. The quantitative estimate of drug-likeness (QED) is 0.470. The monoisotopic (exact) mass is 402 g/mol. The van der Waals surface area contributed by atoms with E-state index >= 15 is 0 Å². The molecule has 0 saturated carbocycles. The maximum absolute atomic E-state index is 5.90. The van der Waals surface area contributed by atoms with Crippen LogP contribution in [0.25, 0.3) is 27.7 Å². The van der Waals surface area contributed by atoms with Gasteiger partial charge in [0.05, 0.1) is 5.69 Å². The van der Waals surface area contributed by atoms with Crippen molar-refractivity contribution in [2.24, 2.45) is 0 Å². The largest absolute Gasteiger partial charge is 0.486 e. The van der Waals surface area contributed by atoms with Gasteiger partial charge in [-0.05, 0) is 43.2 Å². The third-order valence-electron chi connectivity index (χ3n) is 4.76. The Morgan fingerprint density at radius 1 is 1.00 bits per heavy atom. The van der Waals surface area contributed by atoms with Crippen molar-refractivity contribution in [3.8, 4) is 28.5 Å². The summed E-state index contributed by atoms with van der Waals surface area (Å²) in [5, 5.41) is 21.4. The van der Waals surface area contributed by atoms with Crippen LogP contribution in [0, 0.1) is 13.8 Å².